The molecule has 0 spiro atoms. The predicted octanol–water partition coefficient (Wildman–Crippen LogP) is 7.48. The molecule has 258 valence electrons. The highest BCUT2D eigenvalue weighted by Gasteiger charge is 2.37. The number of allylic oxidation sites excluding steroid dienone is 1. The van der Waals surface area contributed by atoms with Gasteiger partial charge in [0, 0.05) is 62.0 Å². The molecule has 0 amide bonds. The highest BCUT2D eigenvalue weighted by atomic mass is 35.5. The van der Waals surface area contributed by atoms with E-state index < -0.39 is 8.32 Å². The first-order valence-corrected chi connectivity index (χ1v) is 20.4. The summed E-state index contributed by atoms with van der Waals surface area (Å²) in [6.07, 6.45) is 6.15. The predicted molar refractivity (Wildman–Crippen MR) is 191 cm³/mol. The van der Waals surface area contributed by atoms with Crippen LogP contribution in [0.1, 0.15) is 74.1 Å². The van der Waals surface area contributed by atoms with Crippen molar-refractivity contribution >= 4 is 36.8 Å². The fourth-order valence-electron chi connectivity index (χ4n) is 6.40. The number of hydrogen-bond donors (Lipinski definition) is 0. The van der Waals surface area contributed by atoms with Gasteiger partial charge in [0.25, 0.3) is 0 Å². The summed E-state index contributed by atoms with van der Waals surface area (Å²) in [6.45, 7) is 21.3. The van der Waals surface area contributed by atoms with Crippen molar-refractivity contribution in [3.05, 3.63) is 52.0 Å². The maximum atomic E-state index is 13.8. The number of halogens is 1. The van der Waals surface area contributed by atoms with Crippen LogP contribution in [0.5, 0.6) is 0 Å². The number of rotatable bonds is 10. The number of carbonyl (C=O) groups excluding carboxylic acids is 1. The van der Waals surface area contributed by atoms with E-state index in [1.165, 1.54) is 0 Å². The molecular formula is C36H53ClN4O5Si. The molecule has 0 bridgehead atoms. The lowest BCUT2D eigenvalue weighted by Crippen LogP contribution is -2.41. The van der Waals surface area contributed by atoms with Crippen LogP contribution in [0.15, 0.2) is 24.3 Å². The quantitative estimate of drug-likeness (QED) is 0.0948. The van der Waals surface area contributed by atoms with Crippen LogP contribution in [-0.2, 0) is 38.6 Å². The van der Waals surface area contributed by atoms with E-state index in [2.05, 4.69) is 62.4 Å². The van der Waals surface area contributed by atoms with Crippen LogP contribution in [0.4, 0.5) is 0 Å². The SMILES string of the molecule is CCOC(=O)c1c(CCCO[Si](C)(C)C(C)(C)C)c2ccc(Cl)c3c2n1C/C=C\COC(CCN1CCOCC1)c1nn(C)c(C)c1-3. The maximum absolute atomic E-state index is 13.8. The molecule has 9 nitrogen and oxygen atoms in total. The van der Waals surface area contributed by atoms with Crippen LogP contribution in [0.25, 0.3) is 22.0 Å². The number of carbonyl (C=O) groups is 1. The average molecular weight is 685 g/mol. The van der Waals surface area contributed by atoms with E-state index in [9.17, 15) is 4.79 Å². The molecule has 1 aromatic carbocycles. The third-order valence-electron chi connectivity index (χ3n) is 10.2. The van der Waals surface area contributed by atoms with Crippen molar-refractivity contribution in [1.82, 2.24) is 19.2 Å². The van der Waals surface area contributed by atoms with Gasteiger partial charge in [0.15, 0.2) is 8.32 Å². The van der Waals surface area contributed by atoms with E-state index >= 15 is 0 Å². The molecule has 1 unspecified atom stereocenters. The molecule has 5 rings (SSSR count). The van der Waals surface area contributed by atoms with Gasteiger partial charge in [-0.15, -0.1) is 0 Å². The molecule has 47 heavy (non-hydrogen) atoms. The van der Waals surface area contributed by atoms with Crippen LogP contribution in [0.3, 0.4) is 0 Å². The Labute approximate surface area is 286 Å². The van der Waals surface area contributed by atoms with Gasteiger partial charge in [-0.05, 0) is 62.9 Å². The Kier molecular flexibility index (Phi) is 11.4. The van der Waals surface area contributed by atoms with Crippen LogP contribution in [0, 0.1) is 6.92 Å². The first-order chi connectivity index (χ1) is 22.4. The Bertz CT molecular complexity index is 1600. The van der Waals surface area contributed by atoms with Crippen LogP contribution in [-0.4, -0.2) is 86.2 Å². The molecule has 2 aliphatic heterocycles. The van der Waals surface area contributed by atoms with Crippen LogP contribution < -0.4 is 0 Å². The zero-order valence-electron chi connectivity index (χ0n) is 29.6. The second-order valence-corrected chi connectivity index (χ2v) is 19.4. The summed E-state index contributed by atoms with van der Waals surface area (Å²) in [7, 11) is 0.0659. The van der Waals surface area contributed by atoms with Gasteiger partial charge in [-0.25, -0.2) is 4.79 Å². The molecule has 0 aliphatic carbocycles. The van der Waals surface area contributed by atoms with Gasteiger partial charge in [-0.1, -0.05) is 50.6 Å². The minimum Gasteiger partial charge on any atom is -0.461 e. The lowest BCUT2D eigenvalue weighted by atomic mass is 9.95. The second kappa shape index (κ2) is 15.0. The molecule has 0 radical (unpaired) electrons. The lowest BCUT2D eigenvalue weighted by molar-refractivity contribution is 0.0176. The second-order valence-electron chi connectivity index (χ2n) is 14.2. The summed E-state index contributed by atoms with van der Waals surface area (Å²) in [5, 5.41) is 6.81. The lowest BCUT2D eigenvalue weighted by Gasteiger charge is -2.36. The van der Waals surface area contributed by atoms with E-state index in [0.717, 1.165) is 84.7 Å². The smallest absolute Gasteiger partial charge is 0.355 e. The third kappa shape index (κ3) is 7.58. The number of hydrogen-bond acceptors (Lipinski definition) is 7. The third-order valence-corrected chi connectivity index (χ3v) is 15.0. The Balaban J connectivity index is 1.64. The topological polar surface area (TPSA) is 80.0 Å². The molecule has 1 fully saturated rings. The van der Waals surface area contributed by atoms with Crippen molar-refractivity contribution in [2.75, 3.05) is 52.7 Å². The molecule has 3 aromatic rings. The van der Waals surface area contributed by atoms with E-state index in [1.807, 2.05) is 30.8 Å². The fourth-order valence-corrected chi connectivity index (χ4v) is 7.74. The molecule has 1 saturated heterocycles. The number of morpholine rings is 1. The van der Waals surface area contributed by atoms with Crippen molar-refractivity contribution in [2.45, 2.75) is 84.7 Å². The summed E-state index contributed by atoms with van der Waals surface area (Å²) >= 11 is 7.18. The molecule has 0 N–H and O–H groups in total. The minimum absolute atomic E-state index is 0.130. The van der Waals surface area contributed by atoms with E-state index in [-0.39, 0.29) is 17.1 Å². The molecule has 0 saturated carbocycles. The Morgan fingerprint density at radius 1 is 1.15 bits per heavy atom. The van der Waals surface area contributed by atoms with Crippen molar-refractivity contribution < 1.29 is 23.4 Å². The Hall–Kier alpha value is -2.47. The van der Waals surface area contributed by atoms with Crippen LogP contribution in [0.2, 0.25) is 23.2 Å². The number of fused-ring (bicyclic) bond motifs is 2. The van der Waals surface area contributed by atoms with E-state index in [4.69, 9.17) is 35.3 Å². The number of aryl methyl sites for hydroxylation is 2. The Morgan fingerprint density at radius 2 is 1.89 bits per heavy atom. The molecule has 2 aromatic heterocycles. The molecule has 11 heteroatoms. The molecule has 1 atom stereocenters. The monoisotopic (exact) mass is 684 g/mol. The number of nitrogens with zero attached hydrogens (tertiary/aromatic N) is 4. The van der Waals surface area contributed by atoms with Crippen molar-refractivity contribution in [1.29, 1.82) is 0 Å². The van der Waals surface area contributed by atoms with Crippen molar-refractivity contribution in [3.8, 4) is 11.1 Å². The van der Waals surface area contributed by atoms with Gasteiger partial charge >= 0.3 is 5.97 Å². The summed E-state index contributed by atoms with van der Waals surface area (Å²) in [6, 6.07) is 4.02. The van der Waals surface area contributed by atoms with Crippen molar-refractivity contribution in [2.24, 2.45) is 7.05 Å². The van der Waals surface area contributed by atoms with E-state index in [1.54, 1.807) is 0 Å². The number of esters is 1. The van der Waals surface area contributed by atoms with Gasteiger partial charge in [-0.3, -0.25) is 9.58 Å². The zero-order chi connectivity index (χ0) is 33.9. The number of benzene rings is 1. The molecular weight excluding hydrogens is 632 g/mol. The first kappa shape index (κ1) is 35.8. The highest BCUT2D eigenvalue weighted by Crippen LogP contribution is 2.45. The standard InChI is InChI=1S/C36H53ClN4O5Si/c1-9-44-35(42)34-26(13-12-22-46-47(7,8)36(3,4)5)27-14-15-28(37)31-30-25(2)39(6)38-32(30)29(16-18-40-19-23-43-24-20-40)45-21-11-10-17-41(34)33(27)31/h10-11,14-15,29H,9,12-13,16-24H2,1-8H3/b11-10-. The summed E-state index contributed by atoms with van der Waals surface area (Å²) in [5.74, 6) is -0.322. The fraction of sp³-hybridized carbons (Fsp3) is 0.611. The highest BCUT2D eigenvalue weighted by molar-refractivity contribution is 6.74. The molecule has 2 aliphatic rings. The maximum Gasteiger partial charge on any atom is 0.355 e. The van der Waals surface area contributed by atoms with E-state index in [0.29, 0.717) is 43.5 Å². The normalized spacial score (nSPS) is 18.6. The summed E-state index contributed by atoms with van der Waals surface area (Å²) in [4.78, 5) is 16.2. The number of aromatic nitrogens is 3. The number of ether oxygens (including phenoxy) is 3. The average Bonchev–Trinajstić information content (AvgIpc) is 3.48. The van der Waals surface area contributed by atoms with Crippen LogP contribution >= 0.6 is 11.6 Å². The minimum atomic E-state index is -1.90. The largest absolute Gasteiger partial charge is 0.461 e. The zero-order valence-corrected chi connectivity index (χ0v) is 31.3. The summed E-state index contributed by atoms with van der Waals surface area (Å²) in [5.41, 5.74) is 6.21. The first-order valence-electron chi connectivity index (χ1n) is 17.1. The summed E-state index contributed by atoms with van der Waals surface area (Å²) < 4.78 is 28.4. The van der Waals surface area contributed by atoms with Crippen molar-refractivity contribution in [3.63, 3.8) is 0 Å². The van der Waals surface area contributed by atoms with Gasteiger partial charge in [0.2, 0.25) is 0 Å². The van der Waals surface area contributed by atoms with Gasteiger partial charge in [0.05, 0.1) is 42.7 Å². The van der Waals surface area contributed by atoms with Gasteiger partial charge < -0.3 is 23.2 Å². The molecule has 4 heterocycles. The van der Waals surface area contributed by atoms with Gasteiger partial charge in [0.1, 0.15) is 11.8 Å². The van der Waals surface area contributed by atoms with Gasteiger partial charge in [-0.2, -0.15) is 5.10 Å². The Morgan fingerprint density at radius 3 is 2.60 bits per heavy atom.